The van der Waals surface area contributed by atoms with Crippen LogP contribution in [0.25, 0.3) is 0 Å². The van der Waals surface area contributed by atoms with E-state index in [1.165, 1.54) is 0 Å². The van der Waals surface area contributed by atoms with Gasteiger partial charge in [0.05, 0.1) is 0 Å². The lowest BCUT2D eigenvalue weighted by molar-refractivity contribution is -0.440. The molecule has 0 amide bonds. The second-order valence-corrected chi connectivity index (χ2v) is 17.8. The molecule has 0 radical (unpaired) electrons. The first-order chi connectivity index (χ1) is 28.4. The molecule has 0 bridgehead atoms. The molecule has 41 heteroatoms. The van der Waals surface area contributed by atoms with Crippen LogP contribution in [0.15, 0.2) is 0 Å². The maximum absolute atomic E-state index is 14.7. The Kier molecular flexibility index (Phi) is 16.7. The predicted octanol–water partition coefficient (Wildman–Crippen LogP) is 15.4. The minimum Gasteiger partial charge on any atom is -0.417 e. The van der Waals surface area contributed by atoms with E-state index >= 15 is 0 Å². The van der Waals surface area contributed by atoms with E-state index in [-0.39, 0.29) is 6.92 Å². The van der Waals surface area contributed by atoms with Crippen molar-refractivity contribution in [2.45, 2.75) is 152 Å². The van der Waals surface area contributed by atoms with Gasteiger partial charge in [-0.15, -0.1) is 0 Å². The van der Waals surface area contributed by atoms with Crippen molar-refractivity contribution >= 4 is 8.32 Å². The quantitative estimate of drug-likeness (QED) is 0.0732. The molecule has 0 saturated carbocycles. The molecule has 0 spiro atoms. The van der Waals surface area contributed by atoms with Gasteiger partial charge >= 0.3 is 107 Å². The van der Waals surface area contributed by atoms with Crippen LogP contribution < -0.4 is 0 Å². The topological polar surface area (TPSA) is 9.23 Å². The molecule has 0 unspecified atom stereocenters. The fraction of sp³-hybridized carbons (Fsp3) is 1.00. The van der Waals surface area contributed by atoms with Gasteiger partial charge in [-0.1, -0.05) is 0 Å². The van der Waals surface area contributed by atoms with Gasteiger partial charge in [0.25, 0.3) is 0 Å². The minimum absolute atomic E-state index is 0.0732. The largest absolute Gasteiger partial charge is 0.460 e. The van der Waals surface area contributed by atoms with E-state index in [9.17, 15) is 171 Å². The summed E-state index contributed by atoms with van der Waals surface area (Å²) in [6, 6.07) is -10.1. The SMILES string of the molecule is CCO[Si](CCC(F)(F)C(F)(F)C(F)(F)C(F)(F)C(F)(F)C(F)(F)F)(CCC(F)(F)C(F)(F)C(F)(F)C(F)(F)C(F)(F)C(F)(F)F)CCC(F)(F)C(F)(F)C(F)(F)C(F)(F)C(F)(F)C(F)(F)F. The average Bonchev–Trinajstić information content (AvgIpc) is 3.09. The van der Waals surface area contributed by atoms with Crippen LogP contribution in [0, 0.1) is 0 Å². The molecule has 0 aromatic carbocycles. The zero-order chi connectivity index (χ0) is 55.2. The van der Waals surface area contributed by atoms with E-state index in [4.69, 9.17) is 0 Å². The molecule has 0 aromatic rings. The summed E-state index contributed by atoms with van der Waals surface area (Å²) in [5, 5.41) is 0. The average molecular weight is 1110 g/mol. The summed E-state index contributed by atoms with van der Waals surface area (Å²) in [6.45, 7) is -1.90. The minimum atomic E-state index is -8.87. The molecule has 0 aliphatic carbocycles. The molecule has 0 aliphatic heterocycles. The lowest BCUT2D eigenvalue weighted by Crippen LogP contribution is -2.70. The highest BCUT2D eigenvalue weighted by atomic mass is 28.4. The third kappa shape index (κ3) is 9.66. The van der Waals surface area contributed by atoms with E-state index in [2.05, 4.69) is 4.43 Å². The molecule has 404 valence electrons. The van der Waals surface area contributed by atoms with Gasteiger partial charge in [-0.25, -0.2) is 0 Å². The molecule has 0 saturated heterocycles. The van der Waals surface area contributed by atoms with E-state index in [0.29, 0.717) is 0 Å². The molecule has 0 aliphatic rings. The van der Waals surface area contributed by atoms with Gasteiger partial charge in [-0.2, -0.15) is 171 Å². The standard InChI is InChI=1S/C26H17F39OSi/c1-2-66-67(6-3-9(27,28)12(33,34)15(39,40)18(45,46)21(51,52)24(57,58)59,7-4-10(29,30)13(35,36)16(41,42)19(47,48)22(53,54)25(60,61)62)8-5-11(31,32)14(37,38)17(43,44)20(49,50)23(55,56)26(63,64)65/h2-8H2,1H3. The number of hydrogen-bond donors (Lipinski definition) is 0. The van der Waals surface area contributed by atoms with E-state index in [0.717, 1.165) is 0 Å². The number of rotatable bonds is 23. The summed E-state index contributed by atoms with van der Waals surface area (Å²) in [4.78, 5) is 0. The Morgan fingerprint density at radius 3 is 0.522 bits per heavy atom. The monoisotopic (exact) mass is 1110 g/mol. The zero-order valence-electron chi connectivity index (χ0n) is 30.6. The second kappa shape index (κ2) is 17.3. The zero-order valence-corrected chi connectivity index (χ0v) is 31.6. The van der Waals surface area contributed by atoms with Crippen LogP contribution >= 0.6 is 0 Å². The normalized spacial score (nSPS) is 16.8. The Morgan fingerprint density at radius 1 is 0.239 bits per heavy atom. The van der Waals surface area contributed by atoms with Gasteiger partial charge in [0.1, 0.15) is 0 Å². The van der Waals surface area contributed by atoms with Crippen molar-refractivity contribution in [1.29, 1.82) is 0 Å². The fourth-order valence-electron chi connectivity index (χ4n) is 4.93. The van der Waals surface area contributed by atoms with Crippen LogP contribution in [0.1, 0.15) is 26.2 Å². The van der Waals surface area contributed by atoms with Gasteiger partial charge in [0, 0.05) is 25.9 Å². The maximum Gasteiger partial charge on any atom is 0.460 e. The van der Waals surface area contributed by atoms with Crippen LogP contribution in [-0.2, 0) is 4.43 Å². The predicted molar refractivity (Wildman–Crippen MR) is 138 cm³/mol. The summed E-state index contributed by atoms with van der Waals surface area (Å²) in [5.74, 6) is -127. The molecule has 0 heterocycles. The van der Waals surface area contributed by atoms with Crippen molar-refractivity contribution in [3.05, 3.63) is 0 Å². The molecule has 67 heavy (non-hydrogen) atoms. The van der Waals surface area contributed by atoms with Gasteiger partial charge in [0.2, 0.25) is 0 Å². The second-order valence-electron chi connectivity index (χ2n) is 13.6. The van der Waals surface area contributed by atoms with Crippen LogP contribution in [0.5, 0.6) is 0 Å². The summed E-state index contributed by atoms with van der Waals surface area (Å²) < 4.78 is 534. The molecule has 0 rings (SSSR count). The number of hydrogen-bond acceptors (Lipinski definition) is 1. The van der Waals surface area contributed by atoms with Gasteiger partial charge in [-0.05, 0) is 25.1 Å². The molecule has 0 aromatic heterocycles. The molecule has 1 nitrogen and oxygen atoms in total. The van der Waals surface area contributed by atoms with Crippen LogP contribution in [0.4, 0.5) is 171 Å². The summed E-state index contributed by atoms with van der Waals surface area (Å²) >= 11 is 0. The highest BCUT2D eigenvalue weighted by molar-refractivity contribution is 6.73. The molecule has 0 atom stereocenters. The Balaban J connectivity index is 8.00. The third-order valence-electron chi connectivity index (χ3n) is 9.13. The van der Waals surface area contributed by atoms with Crippen molar-refractivity contribution in [2.24, 2.45) is 0 Å². The first-order valence-electron chi connectivity index (χ1n) is 15.9. The summed E-state index contributed by atoms with van der Waals surface area (Å²) in [5.41, 5.74) is 0. The fourth-order valence-corrected chi connectivity index (χ4v) is 9.03. The van der Waals surface area contributed by atoms with Crippen molar-refractivity contribution in [3.8, 4) is 0 Å². The van der Waals surface area contributed by atoms with E-state index in [1.807, 2.05) is 0 Å². The van der Waals surface area contributed by atoms with Crippen molar-refractivity contribution in [3.63, 3.8) is 0 Å². The first kappa shape index (κ1) is 64.4. The number of alkyl halides is 39. The highest BCUT2D eigenvalue weighted by Gasteiger charge is 2.93. The summed E-state index contributed by atoms with van der Waals surface area (Å²) in [6.07, 6.45) is -36.6. The van der Waals surface area contributed by atoms with Crippen molar-refractivity contribution in [1.82, 2.24) is 0 Å². The highest BCUT2D eigenvalue weighted by Crippen LogP contribution is 2.65. The lowest BCUT2D eigenvalue weighted by Gasteiger charge is -2.42. The smallest absolute Gasteiger partial charge is 0.417 e. The van der Waals surface area contributed by atoms with Gasteiger partial charge in [0.15, 0.2) is 8.32 Å². The Hall–Kier alpha value is -2.55. The third-order valence-corrected chi connectivity index (χ3v) is 13.5. The van der Waals surface area contributed by atoms with Gasteiger partial charge in [-0.3, -0.25) is 0 Å². The lowest BCUT2D eigenvalue weighted by atomic mass is 9.93. The van der Waals surface area contributed by atoms with E-state index in [1.54, 1.807) is 0 Å². The van der Waals surface area contributed by atoms with Crippen LogP contribution in [-0.4, -0.2) is 122 Å². The Bertz CT molecular complexity index is 1490. The van der Waals surface area contributed by atoms with Gasteiger partial charge < -0.3 is 4.43 Å². The molecular weight excluding hydrogens is 1100 g/mol. The Morgan fingerprint density at radius 2 is 0.388 bits per heavy atom. The van der Waals surface area contributed by atoms with Crippen molar-refractivity contribution < 1.29 is 176 Å². The van der Waals surface area contributed by atoms with Crippen molar-refractivity contribution in [2.75, 3.05) is 6.61 Å². The first-order valence-corrected chi connectivity index (χ1v) is 18.5. The molecule has 0 N–H and O–H groups in total. The maximum atomic E-state index is 14.7. The Labute approximate surface area is 343 Å². The van der Waals surface area contributed by atoms with Crippen LogP contribution in [0.2, 0.25) is 18.1 Å². The number of halogens is 39. The van der Waals surface area contributed by atoms with E-state index < -0.39 is 160 Å². The summed E-state index contributed by atoms with van der Waals surface area (Å²) in [7, 11) is -7.10. The molecule has 0 fully saturated rings. The van der Waals surface area contributed by atoms with Crippen LogP contribution in [0.3, 0.4) is 0 Å². The molecular formula is C26H17F39OSi.